The summed E-state index contributed by atoms with van der Waals surface area (Å²) >= 11 is 5.50. The van der Waals surface area contributed by atoms with Crippen molar-refractivity contribution in [2.45, 2.75) is 18.9 Å². The fourth-order valence-corrected chi connectivity index (χ4v) is 1.21. The van der Waals surface area contributed by atoms with Crippen LogP contribution in [0.15, 0.2) is 23.3 Å². The van der Waals surface area contributed by atoms with E-state index in [4.69, 9.17) is 16.7 Å². The molecule has 0 aromatic heterocycles. The van der Waals surface area contributed by atoms with Gasteiger partial charge < -0.3 is 5.11 Å². The monoisotopic (exact) mass is 172 g/mol. The van der Waals surface area contributed by atoms with Gasteiger partial charge in [0.2, 0.25) is 0 Å². The van der Waals surface area contributed by atoms with Crippen molar-refractivity contribution in [1.82, 2.24) is 0 Å². The number of hydrogen-bond acceptors (Lipinski definition) is 2. The normalized spacial score (nSPS) is 23.6. The number of carbonyl (C=O) groups is 1. The zero-order valence-electron chi connectivity index (χ0n) is 6.01. The Morgan fingerprint density at radius 2 is 2.55 bits per heavy atom. The molecule has 0 amide bonds. The predicted octanol–water partition coefficient (Wildman–Crippen LogP) is 1.39. The Morgan fingerprint density at radius 1 is 1.91 bits per heavy atom. The highest BCUT2D eigenvalue weighted by atomic mass is 35.5. The van der Waals surface area contributed by atoms with Gasteiger partial charge in [-0.25, -0.2) is 0 Å². The van der Waals surface area contributed by atoms with E-state index in [-0.39, 0.29) is 12.2 Å². The van der Waals surface area contributed by atoms with Crippen molar-refractivity contribution < 1.29 is 9.90 Å². The Kier molecular flexibility index (Phi) is 2.47. The second kappa shape index (κ2) is 3.20. The molecule has 0 spiro atoms. The lowest BCUT2D eigenvalue weighted by molar-refractivity contribution is -0.115. The molecule has 0 aliphatic heterocycles. The van der Waals surface area contributed by atoms with Crippen LogP contribution in [0.5, 0.6) is 0 Å². The number of halogens is 1. The fourth-order valence-electron chi connectivity index (χ4n) is 1.07. The molecule has 1 atom stereocenters. The first-order valence-electron chi connectivity index (χ1n) is 3.35. The molecule has 0 heterocycles. The number of ketones is 1. The van der Waals surface area contributed by atoms with E-state index in [0.717, 1.165) is 0 Å². The first-order chi connectivity index (χ1) is 5.09. The van der Waals surface area contributed by atoms with Crippen LogP contribution in [0.2, 0.25) is 0 Å². The summed E-state index contributed by atoms with van der Waals surface area (Å²) in [5.41, 5.74) is 0.581. The van der Waals surface area contributed by atoms with Gasteiger partial charge in [0.15, 0.2) is 5.78 Å². The Morgan fingerprint density at radius 3 is 2.91 bits per heavy atom. The number of allylic oxidation sites excluding steroid dienone is 2. The summed E-state index contributed by atoms with van der Waals surface area (Å²) in [5.74, 6) is -0.0284. The summed E-state index contributed by atoms with van der Waals surface area (Å²) in [6.45, 7) is 3.47. The highest BCUT2D eigenvalue weighted by molar-refractivity contribution is 6.29. The number of aliphatic hydroxyl groups excluding tert-OH is 1. The van der Waals surface area contributed by atoms with Gasteiger partial charge in [-0.1, -0.05) is 18.2 Å². The molecule has 0 aromatic carbocycles. The molecule has 3 heteroatoms. The van der Waals surface area contributed by atoms with E-state index in [0.29, 0.717) is 17.0 Å². The molecule has 0 saturated carbocycles. The van der Waals surface area contributed by atoms with E-state index in [1.165, 1.54) is 6.08 Å². The standard InChI is InChI=1S/C8H9ClO2/c1-5(9)2-6-3-7(10)4-8(6)11/h3,7,10H,1-2,4H2. The van der Waals surface area contributed by atoms with Crippen LogP contribution >= 0.6 is 11.6 Å². The number of rotatable bonds is 2. The Bertz CT molecular complexity index is 230. The number of carbonyl (C=O) groups excluding carboxylic acids is 1. The number of aliphatic hydroxyl groups is 1. The molecule has 0 radical (unpaired) electrons. The van der Waals surface area contributed by atoms with Crippen LogP contribution in [0.1, 0.15) is 12.8 Å². The highest BCUT2D eigenvalue weighted by Crippen LogP contribution is 2.21. The van der Waals surface area contributed by atoms with Gasteiger partial charge in [-0.05, 0) is 11.6 Å². The molecule has 1 N–H and O–H groups in total. The average molecular weight is 173 g/mol. The molecular weight excluding hydrogens is 164 g/mol. The summed E-state index contributed by atoms with van der Waals surface area (Å²) in [7, 11) is 0. The lowest BCUT2D eigenvalue weighted by Crippen LogP contribution is -2.01. The second-order valence-corrected chi connectivity index (χ2v) is 3.12. The molecule has 0 fully saturated rings. The number of hydrogen-bond donors (Lipinski definition) is 1. The van der Waals surface area contributed by atoms with Crippen molar-refractivity contribution in [3.63, 3.8) is 0 Å². The van der Waals surface area contributed by atoms with Gasteiger partial charge in [0.05, 0.1) is 6.10 Å². The number of Topliss-reactive ketones (excluding diaryl/α,β-unsaturated/α-hetero) is 1. The van der Waals surface area contributed by atoms with Gasteiger partial charge in [0, 0.05) is 17.9 Å². The molecule has 0 bridgehead atoms. The third-order valence-electron chi connectivity index (χ3n) is 1.53. The topological polar surface area (TPSA) is 37.3 Å². The van der Waals surface area contributed by atoms with Gasteiger partial charge >= 0.3 is 0 Å². The lowest BCUT2D eigenvalue weighted by Gasteiger charge is -1.95. The SMILES string of the molecule is C=C(Cl)CC1=CC(O)CC1=O. The van der Waals surface area contributed by atoms with Crippen LogP contribution in [-0.2, 0) is 4.79 Å². The van der Waals surface area contributed by atoms with Gasteiger partial charge in [-0.15, -0.1) is 0 Å². The summed E-state index contributed by atoms with van der Waals surface area (Å²) in [5, 5.41) is 9.44. The van der Waals surface area contributed by atoms with Crippen LogP contribution in [0.3, 0.4) is 0 Å². The van der Waals surface area contributed by atoms with Crippen molar-refractivity contribution in [2.24, 2.45) is 0 Å². The van der Waals surface area contributed by atoms with Crippen LogP contribution in [0.25, 0.3) is 0 Å². The molecular formula is C8H9ClO2. The van der Waals surface area contributed by atoms with E-state index in [9.17, 15) is 4.79 Å². The maximum atomic E-state index is 11.0. The van der Waals surface area contributed by atoms with Crippen LogP contribution in [-0.4, -0.2) is 17.0 Å². The zero-order valence-corrected chi connectivity index (χ0v) is 6.77. The summed E-state index contributed by atoms with van der Waals surface area (Å²) in [6, 6.07) is 0. The maximum absolute atomic E-state index is 11.0. The van der Waals surface area contributed by atoms with Crippen molar-refractivity contribution in [3.8, 4) is 0 Å². The summed E-state index contributed by atoms with van der Waals surface area (Å²) < 4.78 is 0. The van der Waals surface area contributed by atoms with E-state index >= 15 is 0 Å². The molecule has 0 aromatic rings. The minimum atomic E-state index is -0.617. The maximum Gasteiger partial charge on any atom is 0.161 e. The molecule has 60 valence electrons. The fraction of sp³-hybridized carbons (Fsp3) is 0.375. The Hall–Kier alpha value is -0.600. The Labute approximate surface area is 70.2 Å². The van der Waals surface area contributed by atoms with E-state index in [1.54, 1.807) is 0 Å². The van der Waals surface area contributed by atoms with Crippen LogP contribution in [0, 0.1) is 0 Å². The van der Waals surface area contributed by atoms with Gasteiger partial charge in [-0.2, -0.15) is 0 Å². The van der Waals surface area contributed by atoms with Crippen molar-refractivity contribution >= 4 is 17.4 Å². The minimum absolute atomic E-state index is 0.0284. The molecule has 1 aliphatic carbocycles. The predicted molar refractivity (Wildman–Crippen MR) is 43.3 cm³/mol. The van der Waals surface area contributed by atoms with E-state index < -0.39 is 6.10 Å². The third kappa shape index (κ3) is 2.17. The summed E-state index contributed by atoms with van der Waals surface area (Å²) in [4.78, 5) is 11.0. The highest BCUT2D eigenvalue weighted by Gasteiger charge is 2.21. The lowest BCUT2D eigenvalue weighted by atomic mass is 10.1. The Balaban J connectivity index is 2.64. The molecule has 1 rings (SSSR count). The zero-order chi connectivity index (χ0) is 8.43. The third-order valence-corrected chi connectivity index (χ3v) is 1.66. The first kappa shape index (κ1) is 8.50. The quantitative estimate of drug-likeness (QED) is 0.684. The smallest absolute Gasteiger partial charge is 0.161 e. The molecule has 11 heavy (non-hydrogen) atoms. The van der Waals surface area contributed by atoms with Gasteiger partial charge in [0.1, 0.15) is 0 Å². The van der Waals surface area contributed by atoms with Crippen molar-refractivity contribution in [2.75, 3.05) is 0 Å². The minimum Gasteiger partial charge on any atom is -0.389 e. The average Bonchev–Trinajstić information content (AvgIpc) is 2.09. The second-order valence-electron chi connectivity index (χ2n) is 2.58. The van der Waals surface area contributed by atoms with Gasteiger partial charge in [0.25, 0.3) is 0 Å². The molecule has 0 saturated heterocycles. The van der Waals surface area contributed by atoms with Crippen LogP contribution in [0.4, 0.5) is 0 Å². The van der Waals surface area contributed by atoms with E-state index in [2.05, 4.69) is 6.58 Å². The molecule has 2 nitrogen and oxygen atoms in total. The summed E-state index contributed by atoms with van der Waals surface area (Å²) in [6.07, 6.45) is 1.49. The molecule has 1 unspecified atom stereocenters. The first-order valence-corrected chi connectivity index (χ1v) is 3.72. The molecule has 1 aliphatic rings. The van der Waals surface area contributed by atoms with Crippen molar-refractivity contribution in [1.29, 1.82) is 0 Å². The largest absolute Gasteiger partial charge is 0.389 e. The van der Waals surface area contributed by atoms with Gasteiger partial charge in [-0.3, -0.25) is 4.79 Å². The van der Waals surface area contributed by atoms with Crippen molar-refractivity contribution in [3.05, 3.63) is 23.3 Å². The van der Waals surface area contributed by atoms with E-state index in [1.807, 2.05) is 0 Å². The van der Waals surface area contributed by atoms with Crippen LogP contribution < -0.4 is 0 Å².